The molecule has 106 valence electrons. The van der Waals surface area contributed by atoms with Crippen LogP contribution in [0.15, 0.2) is 30.3 Å². The highest BCUT2D eigenvalue weighted by molar-refractivity contribution is 5.20. The molecule has 0 saturated heterocycles. The van der Waals surface area contributed by atoms with Crippen molar-refractivity contribution in [2.24, 2.45) is 11.8 Å². The zero-order valence-corrected chi connectivity index (χ0v) is 12.1. The smallest absolute Gasteiger partial charge is 0.119 e. The quantitative estimate of drug-likeness (QED) is 0.681. The van der Waals surface area contributed by atoms with Crippen LogP contribution < -0.4 is 10.1 Å². The average molecular weight is 261 g/mol. The topological polar surface area (TPSA) is 21.3 Å². The van der Waals surface area contributed by atoms with E-state index in [1.807, 2.05) is 30.3 Å². The Morgan fingerprint density at radius 1 is 1.16 bits per heavy atom. The Labute approximate surface area is 117 Å². The summed E-state index contributed by atoms with van der Waals surface area (Å²) in [5.74, 6) is 2.85. The van der Waals surface area contributed by atoms with E-state index in [4.69, 9.17) is 4.74 Å². The first-order valence-corrected chi connectivity index (χ1v) is 7.78. The molecule has 1 saturated carbocycles. The molecular weight excluding hydrogens is 234 g/mol. The maximum absolute atomic E-state index is 5.74. The number of nitrogens with one attached hydrogen (secondary N) is 1. The summed E-state index contributed by atoms with van der Waals surface area (Å²) in [6, 6.07) is 10.1. The van der Waals surface area contributed by atoms with Gasteiger partial charge in [0.2, 0.25) is 0 Å². The lowest BCUT2D eigenvalue weighted by Crippen LogP contribution is -2.35. The van der Waals surface area contributed by atoms with Crippen LogP contribution in [-0.2, 0) is 0 Å². The molecule has 0 bridgehead atoms. The fourth-order valence-electron chi connectivity index (χ4n) is 2.80. The summed E-state index contributed by atoms with van der Waals surface area (Å²) in [7, 11) is 0. The third kappa shape index (κ3) is 4.87. The molecule has 0 aliphatic heterocycles. The molecule has 0 amide bonds. The van der Waals surface area contributed by atoms with Crippen molar-refractivity contribution in [1.29, 1.82) is 0 Å². The summed E-state index contributed by atoms with van der Waals surface area (Å²) in [5, 5.41) is 3.55. The van der Waals surface area contributed by atoms with Gasteiger partial charge in [0.1, 0.15) is 5.75 Å². The SMILES string of the molecule is CCCNCC1CCC1CCCOc1ccccc1. The minimum absolute atomic E-state index is 0.857. The molecular formula is C17H27NO. The first kappa shape index (κ1) is 14.4. The van der Waals surface area contributed by atoms with Gasteiger partial charge in [-0.15, -0.1) is 0 Å². The van der Waals surface area contributed by atoms with Crippen molar-refractivity contribution < 1.29 is 4.74 Å². The summed E-state index contributed by atoms with van der Waals surface area (Å²) in [6.07, 6.45) is 6.59. The van der Waals surface area contributed by atoms with Crippen molar-refractivity contribution in [3.8, 4) is 5.75 Å². The van der Waals surface area contributed by atoms with Crippen LogP contribution in [0.5, 0.6) is 5.75 Å². The van der Waals surface area contributed by atoms with E-state index in [0.717, 1.165) is 24.2 Å². The molecule has 1 N–H and O–H groups in total. The lowest BCUT2D eigenvalue weighted by molar-refractivity contribution is 0.148. The first-order chi connectivity index (χ1) is 9.40. The number of ether oxygens (including phenoxy) is 1. The van der Waals surface area contributed by atoms with Gasteiger partial charge in [0.25, 0.3) is 0 Å². The third-order valence-electron chi connectivity index (χ3n) is 4.14. The van der Waals surface area contributed by atoms with Crippen molar-refractivity contribution in [1.82, 2.24) is 5.32 Å². The monoisotopic (exact) mass is 261 g/mol. The van der Waals surface area contributed by atoms with Gasteiger partial charge in [-0.05, 0) is 69.2 Å². The molecule has 1 aromatic carbocycles. The van der Waals surface area contributed by atoms with E-state index < -0.39 is 0 Å². The summed E-state index contributed by atoms with van der Waals surface area (Å²) >= 11 is 0. The molecule has 19 heavy (non-hydrogen) atoms. The zero-order valence-electron chi connectivity index (χ0n) is 12.1. The van der Waals surface area contributed by atoms with E-state index in [-0.39, 0.29) is 0 Å². The van der Waals surface area contributed by atoms with E-state index in [2.05, 4.69) is 12.2 Å². The van der Waals surface area contributed by atoms with Gasteiger partial charge in [-0.2, -0.15) is 0 Å². The minimum Gasteiger partial charge on any atom is -0.494 e. The van der Waals surface area contributed by atoms with E-state index in [0.29, 0.717) is 0 Å². The number of benzene rings is 1. The summed E-state index contributed by atoms with van der Waals surface area (Å²) < 4.78 is 5.74. The number of para-hydroxylation sites is 1. The van der Waals surface area contributed by atoms with Crippen molar-refractivity contribution in [3.63, 3.8) is 0 Å². The largest absolute Gasteiger partial charge is 0.494 e. The van der Waals surface area contributed by atoms with Crippen LogP contribution >= 0.6 is 0 Å². The fourth-order valence-corrected chi connectivity index (χ4v) is 2.80. The maximum atomic E-state index is 5.74. The van der Waals surface area contributed by atoms with Crippen LogP contribution in [0.1, 0.15) is 39.0 Å². The Hall–Kier alpha value is -1.02. The normalized spacial score (nSPS) is 21.9. The van der Waals surface area contributed by atoms with Gasteiger partial charge in [0, 0.05) is 0 Å². The van der Waals surface area contributed by atoms with Crippen molar-refractivity contribution in [2.45, 2.75) is 39.0 Å². The Morgan fingerprint density at radius 3 is 2.63 bits per heavy atom. The van der Waals surface area contributed by atoms with Gasteiger partial charge >= 0.3 is 0 Å². The van der Waals surface area contributed by atoms with Crippen LogP contribution in [0, 0.1) is 11.8 Å². The summed E-state index contributed by atoms with van der Waals surface area (Å²) in [4.78, 5) is 0. The Balaban J connectivity index is 1.53. The van der Waals surface area contributed by atoms with Gasteiger partial charge in [-0.3, -0.25) is 0 Å². The first-order valence-electron chi connectivity index (χ1n) is 7.78. The van der Waals surface area contributed by atoms with E-state index in [1.165, 1.54) is 45.2 Å². The molecule has 1 aromatic rings. The zero-order chi connectivity index (χ0) is 13.3. The Bertz CT molecular complexity index is 338. The molecule has 2 rings (SSSR count). The van der Waals surface area contributed by atoms with Crippen LogP contribution in [0.2, 0.25) is 0 Å². The molecule has 2 atom stereocenters. The maximum Gasteiger partial charge on any atom is 0.119 e. The summed E-state index contributed by atoms with van der Waals surface area (Å²) in [6.45, 7) is 5.47. The van der Waals surface area contributed by atoms with E-state index in [1.54, 1.807) is 0 Å². The highest BCUT2D eigenvalue weighted by atomic mass is 16.5. The van der Waals surface area contributed by atoms with Crippen LogP contribution in [0.25, 0.3) is 0 Å². The molecule has 2 nitrogen and oxygen atoms in total. The lowest BCUT2D eigenvalue weighted by Gasteiger charge is -2.37. The minimum atomic E-state index is 0.857. The van der Waals surface area contributed by atoms with Crippen molar-refractivity contribution >= 4 is 0 Å². The van der Waals surface area contributed by atoms with Crippen molar-refractivity contribution in [3.05, 3.63) is 30.3 Å². The van der Waals surface area contributed by atoms with Gasteiger partial charge in [0.05, 0.1) is 6.61 Å². The van der Waals surface area contributed by atoms with Crippen molar-refractivity contribution in [2.75, 3.05) is 19.7 Å². The highest BCUT2D eigenvalue weighted by Crippen LogP contribution is 2.37. The third-order valence-corrected chi connectivity index (χ3v) is 4.14. The molecule has 0 aromatic heterocycles. The molecule has 0 spiro atoms. The van der Waals surface area contributed by atoms with Gasteiger partial charge in [-0.25, -0.2) is 0 Å². The molecule has 2 heteroatoms. The average Bonchev–Trinajstić information content (AvgIpc) is 2.43. The van der Waals surface area contributed by atoms with Crippen LogP contribution in [0.3, 0.4) is 0 Å². The van der Waals surface area contributed by atoms with Crippen LogP contribution in [-0.4, -0.2) is 19.7 Å². The number of hydrogen-bond donors (Lipinski definition) is 1. The van der Waals surface area contributed by atoms with Gasteiger partial charge in [0.15, 0.2) is 0 Å². The summed E-state index contributed by atoms with van der Waals surface area (Å²) in [5.41, 5.74) is 0. The Kier molecular flexibility index (Phi) is 6.22. The molecule has 0 heterocycles. The second kappa shape index (κ2) is 8.21. The number of rotatable bonds is 9. The molecule has 1 aliphatic rings. The lowest BCUT2D eigenvalue weighted by atomic mass is 9.71. The van der Waals surface area contributed by atoms with Gasteiger partial charge in [-0.1, -0.05) is 25.1 Å². The molecule has 1 fully saturated rings. The van der Waals surface area contributed by atoms with E-state index >= 15 is 0 Å². The second-order valence-corrected chi connectivity index (χ2v) is 5.61. The standard InChI is InChI=1S/C17H27NO/c1-2-12-18-14-16-11-10-15(16)7-6-13-19-17-8-4-3-5-9-17/h3-5,8-9,15-16,18H,2,6-7,10-14H2,1H3. The predicted octanol–water partition coefficient (Wildman–Crippen LogP) is 3.87. The number of hydrogen-bond acceptors (Lipinski definition) is 2. The molecule has 1 aliphatic carbocycles. The van der Waals surface area contributed by atoms with Gasteiger partial charge < -0.3 is 10.1 Å². The fraction of sp³-hybridized carbons (Fsp3) is 0.647. The van der Waals surface area contributed by atoms with Crippen LogP contribution in [0.4, 0.5) is 0 Å². The predicted molar refractivity (Wildman–Crippen MR) is 80.5 cm³/mol. The molecule has 2 unspecified atom stereocenters. The van der Waals surface area contributed by atoms with E-state index in [9.17, 15) is 0 Å². The highest BCUT2D eigenvalue weighted by Gasteiger charge is 2.29. The second-order valence-electron chi connectivity index (χ2n) is 5.61. The Morgan fingerprint density at radius 2 is 1.95 bits per heavy atom. The molecule has 0 radical (unpaired) electrons.